The van der Waals surface area contributed by atoms with Crippen molar-refractivity contribution in [2.75, 3.05) is 7.11 Å². The number of halogens is 3. The summed E-state index contributed by atoms with van der Waals surface area (Å²) in [5, 5.41) is -0.489. The summed E-state index contributed by atoms with van der Waals surface area (Å²) in [7, 11) is 1.57. The van der Waals surface area contributed by atoms with Gasteiger partial charge in [0.1, 0.15) is 17.4 Å². The molecule has 0 amide bonds. The molecule has 2 rings (SSSR count). The number of methoxy groups -OCH3 is 1. The predicted molar refractivity (Wildman–Crippen MR) is 71.7 cm³/mol. The van der Waals surface area contributed by atoms with E-state index in [0.717, 1.165) is 5.56 Å². The zero-order chi connectivity index (χ0) is 13.8. The molecule has 0 spiro atoms. The molecule has 0 N–H and O–H groups in total. The van der Waals surface area contributed by atoms with Crippen LogP contribution in [0.5, 0.6) is 5.75 Å². The van der Waals surface area contributed by atoms with Gasteiger partial charge in [-0.25, -0.2) is 8.78 Å². The van der Waals surface area contributed by atoms with E-state index in [1.165, 1.54) is 18.2 Å². The molecule has 2 aromatic carbocycles. The SMILES string of the molecule is COc1ccc(C(Cl)Cc2c(F)cccc2F)cc1. The molecular weight excluding hydrogens is 270 g/mol. The summed E-state index contributed by atoms with van der Waals surface area (Å²) in [6.07, 6.45) is 0.104. The molecule has 0 aliphatic carbocycles. The van der Waals surface area contributed by atoms with E-state index in [-0.39, 0.29) is 12.0 Å². The first-order chi connectivity index (χ1) is 9.11. The lowest BCUT2D eigenvalue weighted by Crippen LogP contribution is -2.01. The van der Waals surface area contributed by atoms with Gasteiger partial charge in [0.2, 0.25) is 0 Å². The van der Waals surface area contributed by atoms with E-state index in [4.69, 9.17) is 16.3 Å². The van der Waals surface area contributed by atoms with Gasteiger partial charge in [0.15, 0.2) is 0 Å². The Morgan fingerprint density at radius 1 is 1.05 bits per heavy atom. The normalized spacial score (nSPS) is 12.2. The fourth-order valence-electron chi connectivity index (χ4n) is 1.84. The first kappa shape index (κ1) is 13.8. The third kappa shape index (κ3) is 3.24. The largest absolute Gasteiger partial charge is 0.497 e. The number of ether oxygens (including phenoxy) is 1. The Morgan fingerprint density at radius 3 is 2.16 bits per heavy atom. The highest BCUT2D eigenvalue weighted by atomic mass is 35.5. The van der Waals surface area contributed by atoms with Crippen LogP contribution < -0.4 is 4.74 Å². The maximum absolute atomic E-state index is 13.5. The molecule has 0 aliphatic rings. The zero-order valence-electron chi connectivity index (χ0n) is 10.4. The Labute approximate surface area is 115 Å². The van der Waals surface area contributed by atoms with Crippen LogP contribution in [0, 0.1) is 11.6 Å². The van der Waals surface area contributed by atoms with Crippen molar-refractivity contribution in [1.29, 1.82) is 0 Å². The summed E-state index contributed by atoms with van der Waals surface area (Å²) < 4.78 is 32.1. The Bertz CT molecular complexity index is 534. The molecule has 1 atom stereocenters. The highest BCUT2D eigenvalue weighted by Crippen LogP contribution is 2.28. The van der Waals surface area contributed by atoms with Crippen molar-refractivity contribution < 1.29 is 13.5 Å². The van der Waals surface area contributed by atoms with Crippen molar-refractivity contribution in [1.82, 2.24) is 0 Å². The molecule has 1 unspecified atom stereocenters. The highest BCUT2D eigenvalue weighted by Gasteiger charge is 2.15. The van der Waals surface area contributed by atoms with Crippen LogP contribution in [0.2, 0.25) is 0 Å². The summed E-state index contributed by atoms with van der Waals surface area (Å²) >= 11 is 6.21. The van der Waals surface area contributed by atoms with Gasteiger partial charge < -0.3 is 4.74 Å². The van der Waals surface area contributed by atoms with Crippen LogP contribution in [0.3, 0.4) is 0 Å². The van der Waals surface area contributed by atoms with Crippen LogP contribution in [-0.4, -0.2) is 7.11 Å². The molecule has 2 aromatic rings. The molecule has 0 radical (unpaired) electrons. The summed E-state index contributed by atoms with van der Waals surface area (Å²) in [6.45, 7) is 0. The Balaban J connectivity index is 2.18. The maximum atomic E-state index is 13.5. The third-order valence-electron chi connectivity index (χ3n) is 2.92. The van der Waals surface area contributed by atoms with Crippen LogP contribution in [0.25, 0.3) is 0 Å². The number of alkyl halides is 1. The first-order valence-electron chi connectivity index (χ1n) is 5.82. The van der Waals surface area contributed by atoms with Crippen LogP contribution in [-0.2, 0) is 6.42 Å². The van der Waals surface area contributed by atoms with Crippen LogP contribution >= 0.6 is 11.6 Å². The highest BCUT2D eigenvalue weighted by molar-refractivity contribution is 6.20. The molecule has 0 aromatic heterocycles. The molecule has 0 aliphatic heterocycles. The fraction of sp³-hybridized carbons (Fsp3) is 0.200. The second-order valence-electron chi connectivity index (χ2n) is 4.15. The van der Waals surface area contributed by atoms with E-state index in [9.17, 15) is 8.78 Å². The Morgan fingerprint density at radius 2 is 1.63 bits per heavy atom. The average molecular weight is 283 g/mol. The van der Waals surface area contributed by atoms with Gasteiger partial charge in [-0.2, -0.15) is 0 Å². The lowest BCUT2D eigenvalue weighted by atomic mass is 10.0. The first-order valence-corrected chi connectivity index (χ1v) is 6.26. The standard InChI is InChI=1S/C15H13ClF2O/c1-19-11-7-5-10(6-8-11)13(16)9-12-14(17)3-2-4-15(12)18/h2-8,13H,9H2,1H3. The molecule has 0 bridgehead atoms. The van der Waals surface area contributed by atoms with E-state index in [1.807, 2.05) is 0 Å². The van der Waals surface area contributed by atoms with Crippen LogP contribution in [0.1, 0.15) is 16.5 Å². The van der Waals surface area contributed by atoms with E-state index in [1.54, 1.807) is 31.4 Å². The minimum atomic E-state index is -0.570. The van der Waals surface area contributed by atoms with E-state index in [2.05, 4.69) is 0 Å². The van der Waals surface area contributed by atoms with E-state index >= 15 is 0 Å². The molecule has 100 valence electrons. The fourth-order valence-corrected chi connectivity index (χ4v) is 2.14. The maximum Gasteiger partial charge on any atom is 0.129 e. The minimum Gasteiger partial charge on any atom is -0.497 e. The average Bonchev–Trinajstić information content (AvgIpc) is 2.43. The van der Waals surface area contributed by atoms with Gasteiger partial charge in [-0.1, -0.05) is 18.2 Å². The summed E-state index contributed by atoms with van der Waals surface area (Å²) in [5.74, 6) is -0.428. The second kappa shape index (κ2) is 6.02. The number of hydrogen-bond donors (Lipinski definition) is 0. The molecule has 1 nitrogen and oxygen atoms in total. The van der Waals surface area contributed by atoms with Gasteiger partial charge in [0.25, 0.3) is 0 Å². The number of hydrogen-bond acceptors (Lipinski definition) is 1. The summed E-state index contributed by atoms with van der Waals surface area (Å²) in [6, 6.07) is 10.9. The molecule has 0 saturated heterocycles. The van der Waals surface area contributed by atoms with Crippen molar-refractivity contribution in [3.05, 3.63) is 65.2 Å². The molecule has 19 heavy (non-hydrogen) atoms. The summed E-state index contributed by atoms with van der Waals surface area (Å²) in [4.78, 5) is 0. The van der Waals surface area contributed by atoms with Crippen molar-refractivity contribution in [2.24, 2.45) is 0 Å². The smallest absolute Gasteiger partial charge is 0.129 e. The molecule has 4 heteroatoms. The number of benzene rings is 2. The van der Waals surface area contributed by atoms with Crippen molar-refractivity contribution in [3.63, 3.8) is 0 Å². The van der Waals surface area contributed by atoms with Gasteiger partial charge in [-0.05, 0) is 36.2 Å². The number of rotatable bonds is 4. The van der Waals surface area contributed by atoms with Gasteiger partial charge in [0.05, 0.1) is 12.5 Å². The van der Waals surface area contributed by atoms with Gasteiger partial charge in [-0.15, -0.1) is 11.6 Å². The minimum absolute atomic E-state index is 0.0123. The van der Waals surface area contributed by atoms with Crippen molar-refractivity contribution in [3.8, 4) is 5.75 Å². The van der Waals surface area contributed by atoms with Crippen LogP contribution in [0.15, 0.2) is 42.5 Å². The van der Waals surface area contributed by atoms with Crippen LogP contribution in [0.4, 0.5) is 8.78 Å². The van der Waals surface area contributed by atoms with Crippen molar-refractivity contribution >= 4 is 11.6 Å². The van der Waals surface area contributed by atoms with Crippen molar-refractivity contribution in [2.45, 2.75) is 11.8 Å². The topological polar surface area (TPSA) is 9.23 Å². The second-order valence-corrected chi connectivity index (χ2v) is 4.67. The van der Waals surface area contributed by atoms with Gasteiger partial charge >= 0.3 is 0 Å². The Kier molecular flexibility index (Phi) is 4.38. The zero-order valence-corrected chi connectivity index (χ0v) is 11.1. The monoisotopic (exact) mass is 282 g/mol. The quantitative estimate of drug-likeness (QED) is 0.751. The lowest BCUT2D eigenvalue weighted by molar-refractivity contribution is 0.414. The van der Waals surface area contributed by atoms with Gasteiger partial charge in [-0.3, -0.25) is 0 Å². The third-order valence-corrected chi connectivity index (χ3v) is 3.33. The van der Waals surface area contributed by atoms with E-state index < -0.39 is 17.0 Å². The van der Waals surface area contributed by atoms with E-state index in [0.29, 0.717) is 5.75 Å². The summed E-state index contributed by atoms with van der Waals surface area (Å²) in [5.41, 5.74) is 0.809. The molecular formula is C15H13ClF2O. The predicted octanol–water partition coefficient (Wildman–Crippen LogP) is 4.50. The Hall–Kier alpha value is -1.61. The van der Waals surface area contributed by atoms with Gasteiger partial charge in [0, 0.05) is 5.56 Å². The lowest BCUT2D eigenvalue weighted by Gasteiger charge is -2.12. The molecule has 0 saturated carbocycles. The molecule has 0 fully saturated rings. The molecule has 0 heterocycles.